The number of alkyl halides is 3. The maximum atomic E-state index is 15.0. The fourth-order valence-corrected chi connectivity index (χ4v) is 6.03. The quantitative estimate of drug-likeness (QED) is 0.510. The molecular weight excluding hydrogens is 507 g/mol. The van der Waals surface area contributed by atoms with E-state index >= 15 is 4.39 Å². The number of anilines is 1. The molecule has 1 aliphatic carbocycles. The Hall–Kier alpha value is -2.93. The Labute approximate surface area is 207 Å². The summed E-state index contributed by atoms with van der Waals surface area (Å²) in [7, 11) is 1.55. The first kappa shape index (κ1) is 26.1. The zero-order chi connectivity index (χ0) is 26.5. The molecule has 0 bridgehead atoms. The van der Waals surface area contributed by atoms with E-state index in [1.807, 2.05) is 0 Å². The topological polar surface area (TPSA) is 98.8 Å². The molecular formula is C23H23F5N4O3S. The fourth-order valence-electron chi connectivity index (χ4n) is 4.58. The largest absolute Gasteiger partial charge is 0.482 e. The maximum Gasteiger partial charge on any atom is 0.422 e. The van der Waals surface area contributed by atoms with Crippen LogP contribution in [-0.4, -0.2) is 47.3 Å². The van der Waals surface area contributed by atoms with Gasteiger partial charge in [-0.05, 0) is 38.0 Å². The lowest BCUT2D eigenvalue weighted by molar-refractivity contribution is -0.153. The number of ether oxygens (including phenoxy) is 2. The van der Waals surface area contributed by atoms with Crippen LogP contribution >= 0.6 is 11.8 Å². The van der Waals surface area contributed by atoms with Crippen LogP contribution < -0.4 is 15.8 Å². The summed E-state index contributed by atoms with van der Waals surface area (Å²) in [5.41, 5.74) is 4.84. The van der Waals surface area contributed by atoms with Gasteiger partial charge >= 0.3 is 6.18 Å². The lowest BCUT2D eigenvalue weighted by Crippen LogP contribution is -2.38. The molecule has 0 saturated heterocycles. The van der Waals surface area contributed by atoms with E-state index in [0.29, 0.717) is 13.0 Å². The van der Waals surface area contributed by atoms with E-state index in [-0.39, 0.29) is 39.3 Å². The SMILES string of the molecule is COC[C@]12C[C@H]1[C@](C)(c1cc(NC(=O)c3ncc(OCC(F)(F)F)cc3C)cc(F)c1F)N=C(N)S2. The molecule has 194 valence electrons. The van der Waals surface area contributed by atoms with E-state index in [4.69, 9.17) is 10.5 Å². The molecule has 1 aliphatic heterocycles. The summed E-state index contributed by atoms with van der Waals surface area (Å²) in [5.74, 6) is -3.39. The van der Waals surface area contributed by atoms with Gasteiger partial charge in [-0.3, -0.25) is 9.79 Å². The minimum atomic E-state index is -4.53. The van der Waals surface area contributed by atoms with E-state index in [0.717, 1.165) is 12.3 Å². The Morgan fingerprint density at radius 2 is 2.03 bits per heavy atom. The van der Waals surface area contributed by atoms with Crippen LogP contribution in [0.25, 0.3) is 0 Å². The normalized spacial score (nSPS) is 25.1. The molecule has 4 rings (SSSR count). The molecule has 2 aliphatic rings. The lowest BCUT2D eigenvalue weighted by Gasteiger charge is -2.34. The molecule has 1 amide bonds. The predicted octanol–water partition coefficient (Wildman–Crippen LogP) is 4.54. The number of fused-ring (bicyclic) bond motifs is 1. The Morgan fingerprint density at radius 3 is 2.67 bits per heavy atom. The molecule has 13 heteroatoms. The van der Waals surface area contributed by atoms with Gasteiger partial charge in [0.25, 0.3) is 5.91 Å². The van der Waals surface area contributed by atoms with Gasteiger partial charge in [-0.15, -0.1) is 0 Å². The number of nitrogens with two attached hydrogens (primary N) is 1. The number of amidine groups is 1. The number of carbonyl (C=O) groups excluding carboxylic acids is 1. The molecule has 0 spiro atoms. The third-order valence-corrected chi connectivity index (χ3v) is 7.52. The van der Waals surface area contributed by atoms with Gasteiger partial charge in [-0.2, -0.15) is 13.2 Å². The Kier molecular flexibility index (Phi) is 6.67. The minimum absolute atomic E-state index is 0.0429. The standard InChI is InChI=1S/C23H23F5N4O3S/c1-11-4-13(35-10-23(26,27)28)8-30-18(11)19(33)31-12-5-14(17(25)15(24)6-12)21(2)16-7-22(16,9-34-3)36-20(29)32-21/h4-6,8,16H,7,9-10H2,1-3H3,(H2,29,32)(H,31,33)/t16-,21-,22+/m0/s1. The number of amides is 1. The number of halogens is 5. The van der Waals surface area contributed by atoms with Crippen LogP contribution in [0, 0.1) is 24.5 Å². The number of aromatic nitrogens is 1. The van der Waals surface area contributed by atoms with Gasteiger partial charge in [-0.25, -0.2) is 13.8 Å². The number of rotatable bonds is 7. The highest BCUT2D eigenvalue weighted by atomic mass is 32.2. The fraction of sp³-hybridized carbons (Fsp3) is 0.435. The highest BCUT2D eigenvalue weighted by Crippen LogP contribution is 2.66. The van der Waals surface area contributed by atoms with Crippen LogP contribution in [0.1, 0.15) is 35.0 Å². The van der Waals surface area contributed by atoms with Gasteiger partial charge in [-0.1, -0.05) is 11.8 Å². The molecule has 1 aromatic carbocycles. The van der Waals surface area contributed by atoms with Gasteiger partial charge in [0.15, 0.2) is 23.4 Å². The molecule has 0 radical (unpaired) electrons. The monoisotopic (exact) mass is 530 g/mol. The van der Waals surface area contributed by atoms with Crippen molar-refractivity contribution >= 4 is 28.5 Å². The molecule has 2 heterocycles. The smallest absolute Gasteiger partial charge is 0.422 e. The first-order valence-electron chi connectivity index (χ1n) is 10.8. The van der Waals surface area contributed by atoms with Crippen molar-refractivity contribution in [3.05, 3.63) is 52.9 Å². The van der Waals surface area contributed by atoms with Gasteiger partial charge < -0.3 is 20.5 Å². The van der Waals surface area contributed by atoms with Crippen LogP contribution in [0.15, 0.2) is 29.4 Å². The van der Waals surface area contributed by atoms with Gasteiger partial charge in [0.2, 0.25) is 0 Å². The molecule has 7 nitrogen and oxygen atoms in total. The van der Waals surface area contributed by atoms with E-state index in [1.165, 1.54) is 30.8 Å². The number of carbonyl (C=O) groups is 1. The average molecular weight is 531 g/mol. The van der Waals surface area contributed by atoms with Gasteiger partial charge in [0.05, 0.1) is 23.1 Å². The van der Waals surface area contributed by atoms with Crippen LogP contribution in [-0.2, 0) is 10.3 Å². The molecule has 1 fully saturated rings. The maximum absolute atomic E-state index is 15.0. The number of hydrogen-bond donors (Lipinski definition) is 2. The summed E-state index contributed by atoms with van der Waals surface area (Å²) in [6.07, 6.45) is -2.92. The zero-order valence-electron chi connectivity index (χ0n) is 19.5. The minimum Gasteiger partial charge on any atom is -0.482 e. The average Bonchev–Trinajstić information content (AvgIpc) is 3.49. The molecule has 2 aromatic rings. The molecule has 1 saturated carbocycles. The first-order valence-corrected chi connectivity index (χ1v) is 11.6. The second kappa shape index (κ2) is 9.18. The second-order valence-electron chi connectivity index (χ2n) is 8.97. The third kappa shape index (κ3) is 4.99. The number of thioether (sulfide) groups is 1. The summed E-state index contributed by atoms with van der Waals surface area (Å²) in [6, 6.07) is 3.36. The second-order valence-corrected chi connectivity index (χ2v) is 10.4. The molecule has 3 atom stereocenters. The summed E-state index contributed by atoms with van der Waals surface area (Å²) in [6.45, 7) is 1.98. The van der Waals surface area contributed by atoms with Crippen LogP contribution in [0.2, 0.25) is 0 Å². The van der Waals surface area contributed by atoms with Crippen molar-refractivity contribution in [2.45, 2.75) is 36.7 Å². The Morgan fingerprint density at radius 1 is 1.31 bits per heavy atom. The summed E-state index contributed by atoms with van der Waals surface area (Å²) in [5, 5.41) is 2.70. The van der Waals surface area contributed by atoms with Crippen LogP contribution in [0.5, 0.6) is 5.75 Å². The number of hydrogen-bond acceptors (Lipinski definition) is 7. The van der Waals surface area contributed by atoms with Crippen LogP contribution in [0.4, 0.5) is 27.6 Å². The third-order valence-electron chi connectivity index (χ3n) is 6.24. The van der Waals surface area contributed by atoms with Crippen molar-refractivity contribution in [2.75, 3.05) is 25.6 Å². The van der Waals surface area contributed by atoms with Crippen molar-refractivity contribution in [3.8, 4) is 5.75 Å². The Bertz CT molecular complexity index is 1240. The number of nitrogens with zero attached hydrogens (tertiary/aromatic N) is 2. The van der Waals surface area contributed by atoms with E-state index < -0.39 is 40.6 Å². The predicted molar refractivity (Wildman–Crippen MR) is 124 cm³/mol. The van der Waals surface area contributed by atoms with Gasteiger partial charge in [0, 0.05) is 30.3 Å². The number of nitrogens with one attached hydrogen (secondary N) is 1. The van der Waals surface area contributed by atoms with Crippen molar-refractivity contribution in [2.24, 2.45) is 16.6 Å². The molecule has 36 heavy (non-hydrogen) atoms. The highest BCUT2D eigenvalue weighted by Gasteiger charge is 2.66. The van der Waals surface area contributed by atoms with E-state index in [2.05, 4.69) is 20.0 Å². The lowest BCUT2D eigenvalue weighted by atomic mass is 9.85. The highest BCUT2D eigenvalue weighted by molar-refractivity contribution is 8.15. The molecule has 3 N–H and O–H groups in total. The van der Waals surface area contributed by atoms with Crippen molar-refractivity contribution in [1.82, 2.24) is 4.98 Å². The Balaban J connectivity index is 1.60. The summed E-state index contributed by atoms with van der Waals surface area (Å²) >= 11 is 1.35. The first-order chi connectivity index (χ1) is 16.8. The summed E-state index contributed by atoms with van der Waals surface area (Å²) in [4.78, 5) is 21.1. The molecule has 0 unspecified atom stereocenters. The van der Waals surface area contributed by atoms with E-state index in [9.17, 15) is 22.4 Å². The van der Waals surface area contributed by atoms with Crippen molar-refractivity contribution in [1.29, 1.82) is 0 Å². The van der Waals surface area contributed by atoms with Crippen molar-refractivity contribution < 1.29 is 36.2 Å². The van der Waals surface area contributed by atoms with E-state index in [1.54, 1.807) is 14.0 Å². The number of benzene rings is 1. The summed E-state index contributed by atoms with van der Waals surface area (Å²) < 4.78 is 76.3. The number of pyridine rings is 1. The number of aryl methyl sites for hydroxylation is 1. The number of methoxy groups -OCH3 is 1. The van der Waals surface area contributed by atoms with Crippen LogP contribution in [0.3, 0.4) is 0 Å². The molecule has 1 aromatic heterocycles. The zero-order valence-corrected chi connectivity index (χ0v) is 20.3. The number of aliphatic imine (C=N–C) groups is 1. The van der Waals surface area contributed by atoms with Gasteiger partial charge in [0.1, 0.15) is 11.4 Å². The van der Waals surface area contributed by atoms with Crippen molar-refractivity contribution in [3.63, 3.8) is 0 Å².